The second-order valence-electron chi connectivity index (χ2n) is 5.91. The highest BCUT2D eigenvalue weighted by Gasteiger charge is 2.20. The van der Waals surface area contributed by atoms with E-state index in [0.717, 1.165) is 50.5 Å². The van der Waals surface area contributed by atoms with Gasteiger partial charge in [-0.2, -0.15) is 0 Å². The molecule has 2 N–H and O–H groups in total. The first-order valence-corrected chi connectivity index (χ1v) is 7.71. The molecule has 1 heterocycles. The lowest BCUT2D eigenvalue weighted by Crippen LogP contribution is -2.48. The zero-order valence-corrected chi connectivity index (χ0v) is 13.2. The molecule has 0 saturated carbocycles. The van der Waals surface area contributed by atoms with Gasteiger partial charge in [0.05, 0.1) is 0 Å². The summed E-state index contributed by atoms with van der Waals surface area (Å²) in [6.07, 6.45) is 0.600. The number of halogens is 1. The molecule has 0 atom stereocenters. The van der Waals surface area contributed by atoms with Crippen molar-refractivity contribution in [3.8, 4) is 0 Å². The fraction of sp³-hybridized carbons (Fsp3) is 0.625. The molecule has 0 amide bonds. The van der Waals surface area contributed by atoms with Crippen LogP contribution in [0.3, 0.4) is 0 Å². The van der Waals surface area contributed by atoms with Gasteiger partial charge in [-0.05, 0) is 39.2 Å². The summed E-state index contributed by atoms with van der Waals surface area (Å²) >= 11 is 0. The molecule has 4 nitrogen and oxygen atoms in total. The van der Waals surface area contributed by atoms with E-state index in [0.29, 0.717) is 13.0 Å². The normalized spacial score (nSPS) is 16.7. The molecule has 21 heavy (non-hydrogen) atoms. The molecule has 1 aliphatic heterocycles. The van der Waals surface area contributed by atoms with Crippen LogP contribution in [0.5, 0.6) is 0 Å². The van der Waals surface area contributed by atoms with Crippen molar-refractivity contribution in [3.05, 3.63) is 29.6 Å². The molecule has 118 valence electrons. The molecule has 1 fully saturated rings. The van der Waals surface area contributed by atoms with Crippen molar-refractivity contribution in [2.24, 2.45) is 5.73 Å². The summed E-state index contributed by atoms with van der Waals surface area (Å²) in [4.78, 5) is 6.97. The second kappa shape index (κ2) is 7.73. The Labute approximate surface area is 127 Å². The third-order valence-electron chi connectivity index (χ3n) is 4.06. The molecule has 1 aromatic carbocycles. The number of rotatable bonds is 6. The van der Waals surface area contributed by atoms with Gasteiger partial charge in [0.25, 0.3) is 0 Å². The fourth-order valence-electron chi connectivity index (χ4n) is 2.79. The van der Waals surface area contributed by atoms with Crippen LogP contribution in [0.1, 0.15) is 5.56 Å². The predicted octanol–water partition coefficient (Wildman–Crippen LogP) is 1.01. The maximum absolute atomic E-state index is 14.0. The highest BCUT2D eigenvalue weighted by molar-refractivity contribution is 5.54. The summed E-state index contributed by atoms with van der Waals surface area (Å²) in [6, 6.07) is 5.34. The Hall–Kier alpha value is -1.17. The van der Waals surface area contributed by atoms with Crippen molar-refractivity contribution in [3.63, 3.8) is 0 Å². The monoisotopic (exact) mass is 294 g/mol. The molecule has 2 rings (SSSR count). The average Bonchev–Trinajstić information content (AvgIpc) is 2.48. The SMILES string of the molecule is CN(C)CCN1CCN(c2cccc(F)c2CCN)CC1. The Morgan fingerprint density at radius 1 is 1.19 bits per heavy atom. The summed E-state index contributed by atoms with van der Waals surface area (Å²) in [5.74, 6) is -0.131. The van der Waals surface area contributed by atoms with Gasteiger partial charge in [0.1, 0.15) is 5.82 Å². The zero-order chi connectivity index (χ0) is 15.2. The Morgan fingerprint density at radius 2 is 1.90 bits per heavy atom. The van der Waals surface area contributed by atoms with Crippen LogP contribution in [-0.4, -0.2) is 69.7 Å². The number of hydrogen-bond donors (Lipinski definition) is 1. The van der Waals surface area contributed by atoms with E-state index in [9.17, 15) is 4.39 Å². The first kappa shape index (κ1) is 16.2. The minimum Gasteiger partial charge on any atom is -0.369 e. The van der Waals surface area contributed by atoms with Gasteiger partial charge in [0.2, 0.25) is 0 Å². The zero-order valence-electron chi connectivity index (χ0n) is 13.2. The molecule has 0 aliphatic carbocycles. The van der Waals surface area contributed by atoms with Crippen LogP contribution in [0.25, 0.3) is 0 Å². The summed E-state index contributed by atoms with van der Waals surface area (Å²) in [5.41, 5.74) is 7.41. The molecule has 1 aromatic rings. The van der Waals surface area contributed by atoms with E-state index in [4.69, 9.17) is 5.73 Å². The maximum atomic E-state index is 14.0. The smallest absolute Gasteiger partial charge is 0.128 e. The van der Waals surface area contributed by atoms with Crippen molar-refractivity contribution >= 4 is 5.69 Å². The van der Waals surface area contributed by atoms with Gasteiger partial charge in [-0.25, -0.2) is 4.39 Å². The van der Waals surface area contributed by atoms with Crippen LogP contribution < -0.4 is 10.6 Å². The van der Waals surface area contributed by atoms with Gasteiger partial charge in [0, 0.05) is 50.5 Å². The molecule has 0 bridgehead atoms. The van der Waals surface area contributed by atoms with E-state index in [-0.39, 0.29) is 5.82 Å². The highest BCUT2D eigenvalue weighted by atomic mass is 19.1. The number of likely N-dealkylation sites (N-methyl/N-ethyl adjacent to an activating group) is 1. The lowest BCUT2D eigenvalue weighted by Gasteiger charge is -2.37. The molecule has 1 aliphatic rings. The molecule has 5 heteroatoms. The minimum absolute atomic E-state index is 0.131. The lowest BCUT2D eigenvalue weighted by molar-refractivity contribution is 0.229. The average molecular weight is 294 g/mol. The van der Waals surface area contributed by atoms with Crippen LogP contribution in [0.2, 0.25) is 0 Å². The molecule has 1 saturated heterocycles. The van der Waals surface area contributed by atoms with E-state index < -0.39 is 0 Å². The van der Waals surface area contributed by atoms with E-state index in [1.807, 2.05) is 6.07 Å². The van der Waals surface area contributed by atoms with Crippen molar-refractivity contribution in [2.45, 2.75) is 6.42 Å². The number of nitrogens with two attached hydrogens (primary N) is 1. The van der Waals surface area contributed by atoms with Gasteiger partial charge >= 0.3 is 0 Å². The third-order valence-corrected chi connectivity index (χ3v) is 4.06. The van der Waals surface area contributed by atoms with Crippen molar-refractivity contribution in [1.82, 2.24) is 9.80 Å². The van der Waals surface area contributed by atoms with Crippen LogP contribution >= 0.6 is 0 Å². The van der Waals surface area contributed by atoms with Gasteiger partial charge in [-0.15, -0.1) is 0 Å². The first-order chi connectivity index (χ1) is 10.1. The number of benzene rings is 1. The number of nitrogens with zero attached hydrogens (tertiary/aromatic N) is 3. The van der Waals surface area contributed by atoms with Crippen LogP contribution in [0, 0.1) is 5.82 Å². The third kappa shape index (κ3) is 4.40. The van der Waals surface area contributed by atoms with Gasteiger partial charge in [-0.3, -0.25) is 4.90 Å². The predicted molar refractivity (Wildman–Crippen MR) is 86.4 cm³/mol. The van der Waals surface area contributed by atoms with Crippen LogP contribution in [-0.2, 0) is 6.42 Å². The topological polar surface area (TPSA) is 35.7 Å². The first-order valence-electron chi connectivity index (χ1n) is 7.71. The fourth-order valence-corrected chi connectivity index (χ4v) is 2.79. The van der Waals surface area contributed by atoms with Gasteiger partial charge in [-0.1, -0.05) is 6.07 Å². The molecule has 0 spiro atoms. The standard InChI is InChI=1S/C16H27FN4/c1-19(2)8-9-20-10-12-21(13-11-20)16-5-3-4-15(17)14(16)6-7-18/h3-5H,6-13,18H2,1-2H3. The molecule has 0 aromatic heterocycles. The summed E-state index contributed by atoms with van der Waals surface area (Å²) in [5, 5.41) is 0. The summed E-state index contributed by atoms with van der Waals surface area (Å²) in [6.45, 7) is 6.64. The Balaban J connectivity index is 1.97. The lowest BCUT2D eigenvalue weighted by atomic mass is 10.1. The summed E-state index contributed by atoms with van der Waals surface area (Å²) < 4.78 is 14.0. The Bertz CT molecular complexity index is 442. The number of piperazine rings is 1. The van der Waals surface area contributed by atoms with Gasteiger partial charge < -0.3 is 15.5 Å². The van der Waals surface area contributed by atoms with Crippen molar-refractivity contribution < 1.29 is 4.39 Å². The Morgan fingerprint density at radius 3 is 2.52 bits per heavy atom. The summed E-state index contributed by atoms with van der Waals surface area (Å²) in [7, 11) is 4.20. The maximum Gasteiger partial charge on any atom is 0.128 e. The van der Waals surface area contributed by atoms with E-state index >= 15 is 0 Å². The number of hydrogen-bond acceptors (Lipinski definition) is 4. The Kier molecular flexibility index (Phi) is 5.96. The van der Waals surface area contributed by atoms with Crippen molar-refractivity contribution in [2.75, 3.05) is 64.8 Å². The van der Waals surface area contributed by atoms with Crippen LogP contribution in [0.15, 0.2) is 18.2 Å². The minimum atomic E-state index is -0.131. The molecular formula is C16H27FN4. The second-order valence-corrected chi connectivity index (χ2v) is 5.91. The molecular weight excluding hydrogens is 267 g/mol. The van der Waals surface area contributed by atoms with Crippen molar-refractivity contribution in [1.29, 1.82) is 0 Å². The van der Waals surface area contributed by atoms with E-state index in [1.165, 1.54) is 6.07 Å². The van der Waals surface area contributed by atoms with E-state index in [2.05, 4.69) is 28.8 Å². The van der Waals surface area contributed by atoms with Crippen LogP contribution in [0.4, 0.5) is 10.1 Å². The van der Waals surface area contributed by atoms with E-state index in [1.54, 1.807) is 6.07 Å². The largest absolute Gasteiger partial charge is 0.369 e. The quantitative estimate of drug-likeness (QED) is 0.849. The van der Waals surface area contributed by atoms with Gasteiger partial charge in [0.15, 0.2) is 0 Å². The number of anilines is 1. The molecule has 0 radical (unpaired) electrons. The molecule has 0 unspecified atom stereocenters. The highest BCUT2D eigenvalue weighted by Crippen LogP contribution is 2.24.